The first-order chi connectivity index (χ1) is 11.7. The van der Waals surface area contributed by atoms with Gasteiger partial charge >= 0.3 is 5.97 Å². The molecule has 25 heavy (non-hydrogen) atoms. The summed E-state index contributed by atoms with van der Waals surface area (Å²) >= 11 is 0. The van der Waals surface area contributed by atoms with E-state index < -0.39 is 0 Å². The Kier molecular flexibility index (Phi) is 3.92. The van der Waals surface area contributed by atoms with E-state index in [1.54, 1.807) is 0 Å². The van der Waals surface area contributed by atoms with Crippen LogP contribution < -0.4 is 0 Å². The van der Waals surface area contributed by atoms with Crippen LogP contribution in [0.3, 0.4) is 0 Å². The van der Waals surface area contributed by atoms with Crippen molar-refractivity contribution in [1.29, 1.82) is 0 Å². The van der Waals surface area contributed by atoms with Gasteiger partial charge in [-0.2, -0.15) is 0 Å². The number of allylic oxidation sites excluding steroid dienone is 1. The fraction of sp³-hybridized carbons (Fsp3) is 0.864. The minimum atomic E-state index is -0.229. The molecule has 7 atom stereocenters. The molecule has 0 amide bonds. The third-order valence-electron chi connectivity index (χ3n) is 8.88. The molecule has 0 aliphatic heterocycles. The molecule has 4 aliphatic carbocycles. The van der Waals surface area contributed by atoms with Gasteiger partial charge in [0.1, 0.15) is 0 Å². The quantitative estimate of drug-likeness (QED) is 0.592. The van der Waals surface area contributed by atoms with Crippen molar-refractivity contribution in [2.45, 2.75) is 78.2 Å². The fourth-order valence-corrected chi connectivity index (χ4v) is 7.83. The first-order valence-corrected chi connectivity index (χ1v) is 10.2. The van der Waals surface area contributed by atoms with E-state index in [0.717, 1.165) is 25.7 Å². The normalized spacial score (nSPS) is 51.6. The molecule has 140 valence electrons. The Labute approximate surface area is 152 Å². The van der Waals surface area contributed by atoms with Crippen LogP contribution in [-0.4, -0.2) is 23.8 Å². The summed E-state index contributed by atoms with van der Waals surface area (Å²) in [6.45, 7) is 11.1. The lowest BCUT2D eigenvalue weighted by atomic mass is 9.40. The van der Waals surface area contributed by atoms with E-state index in [-0.39, 0.29) is 28.3 Å². The predicted octanol–water partition coefficient (Wildman–Crippen LogP) is 4.49. The Morgan fingerprint density at radius 1 is 1.28 bits per heavy atom. The third kappa shape index (κ3) is 2.37. The van der Waals surface area contributed by atoms with Crippen molar-refractivity contribution in [1.82, 2.24) is 0 Å². The van der Waals surface area contributed by atoms with Crippen molar-refractivity contribution in [2.24, 2.45) is 34.0 Å². The maximum absolute atomic E-state index is 11.4. The molecule has 0 aromatic rings. The number of esters is 1. The number of hydrogen-bond acceptors (Lipinski definition) is 3. The number of aliphatic hydroxyl groups is 1. The lowest BCUT2D eigenvalue weighted by Crippen LogP contribution is -2.62. The number of carbonyl (C=O) groups excluding carboxylic acids is 1. The van der Waals surface area contributed by atoms with Gasteiger partial charge < -0.3 is 9.84 Å². The van der Waals surface area contributed by atoms with E-state index in [0.29, 0.717) is 24.4 Å². The smallest absolute Gasteiger partial charge is 0.302 e. The number of fused-ring (bicyclic) bond motifs is 3. The predicted molar refractivity (Wildman–Crippen MR) is 97.8 cm³/mol. The van der Waals surface area contributed by atoms with E-state index in [2.05, 4.69) is 20.4 Å². The number of aliphatic hydroxyl groups excluding tert-OH is 1. The van der Waals surface area contributed by atoms with E-state index in [4.69, 9.17) is 4.74 Å². The molecule has 1 N–H and O–H groups in total. The minimum absolute atomic E-state index is 0.00623. The van der Waals surface area contributed by atoms with Crippen molar-refractivity contribution in [2.75, 3.05) is 6.61 Å². The average molecular weight is 347 g/mol. The Morgan fingerprint density at radius 2 is 2.04 bits per heavy atom. The SMILES string of the molecule is C=C1C[C@]23C[C@H]1CC[C@H]2[C@]1(C)CCC[C@](C)(COC(C)=O)[C@H]1C[C@@H]3O. The highest BCUT2D eigenvalue weighted by molar-refractivity contribution is 5.65. The highest BCUT2D eigenvalue weighted by atomic mass is 16.5. The van der Waals surface area contributed by atoms with Crippen LogP contribution in [0.5, 0.6) is 0 Å². The number of carbonyl (C=O) groups is 1. The van der Waals surface area contributed by atoms with Gasteiger partial charge in [-0.3, -0.25) is 4.79 Å². The molecule has 0 heterocycles. The molecule has 0 unspecified atom stereocenters. The highest BCUT2D eigenvalue weighted by Crippen LogP contribution is 2.72. The molecular formula is C22H34O3. The molecule has 4 aliphatic rings. The minimum Gasteiger partial charge on any atom is -0.465 e. The number of rotatable bonds is 2. The number of hydrogen-bond donors (Lipinski definition) is 1. The Bertz CT molecular complexity index is 598. The van der Waals surface area contributed by atoms with Crippen LogP contribution in [0, 0.1) is 34.0 Å². The monoisotopic (exact) mass is 346 g/mol. The van der Waals surface area contributed by atoms with Gasteiger partial charge in [0.2, 0.25) is 0 Å². The summed E-state index contributed by atoms with van der Waals surface area (Å²) in [5.74, 6) is 1.47. The number of ether oxygens (including phenoxy) is 1. The van der Waals surface area contributed by atoms with Crippen LogP contribution in [0.4, 0.5) is 0 Å². The second-order valence-corrected chi connectivity index (χ2v) is 10.2. The van der Waals surface area contributed by atoms with E-state index in [9.17, 15) is 9.90 Å². The molecule has 0 aromatic heterocycles. The van der Waals surface area contributed by atoms with Gasteiger partial charge in [0.15, 0.2) is 0 Å². The van der Waals surface area contributed by atoms with Gasteiger partial charge in [-0.15, -0.1) is 0 Å². The van der Waals surface area contributed by atoms with Crippen molar-refractivity contribution >= 4 is 5.97 Å². The van der Waals surface area contributed by atoms with Gasteiger partial charge in [0, 0.05) is 17.8 Å². The van der Waals surface area contributed by atoms with Crippen LogP contribution >= 0.6 is 0 Å². The third-order valence-corrected chi connectivity index (χ3v) is 8.88. The maximum Gasteiger partial charge on any atom is 0.302 e. The molecular weight excluding hydrogens is 312 g/mol. The fourth-order valence-electron chi connectivity index (χ4n) is 7.83. The zero-order valence-electron chi connectivity index (χ0n) is 16.1. The Hall–Kier alpha value is -0.830. The molecule has 4 fully saturated rings. The zero-order chi connectivity index (χ0) is 18.0. The van der Waals surface area contributed by atoms with E-state index in [1.165, 1.54) is 38.2 Å². The summed E-state index contributed by atoms with van der Waals surface area (Å²) in [6, 6.07) is 0. The van der Waals surface area contributed by atoms with Crippen molar-refractivity contribution in [3.05, 3.63) is 12.2 Å². The Balaban J connectivity index is 1.69. The summed E-state index contributed by atoms with van der Waals surface area (Å²) in [5, 5.41) is 11.3. The van der Waals surface area contributed by atoms with Crippen molar-refractivity contribution in [3.63, 3.8) is 0 Å². The standard InChI is InChI=1S/C22H34O3/c1-14-11-22-12-16(14)6-7-17(22)21(4)9-5-8-20(3,13-25-15(2)23)18(21)10-19(22)24/h16-19,24H,1,5-13H2,2-4H3/t16-,17+,18-,19+,20-,21+,22+/m1/s1. The molecule has 3 heteroatoms. The van der Waals surface area contributed by atoms with Gasteiger partial charge in [-0.05, 0) is 68.1 Å². The summed E-state index contributed by atoms with van der Waals surface area (Å²) in [7, 11) is 0. The van der Waals surface area contributed by atoms with E-state index >= 15 is 0 Å². The summed E-state index contributed by atoms with van der Waals surface area (Å²) in [6.07, 6.45) is 8.87. The van der Waals surface area contributed by atoms with Gasteiger partial charge in [0.05, 0.1) is 12.7 Å². The maximum atomic E-state index is 11.4. The lowest BCUT2D eigenvalue weighted by Gasteiger charge is -2.65. The summed E-state index contributed by atoms with van der Waals surface area (Å²) < 4.78 is 5.49. The van der Waals surface area contributed by atoms with Gasteiger partial charge in [0.25, 0.3) is 0 Å². The summed E-state index contributed by atoms with van der Waals surface area (Å²) in [4.78, 5) is 11.4. The topological polar surface area (TPSA) is 46.5 Å². The lowest BCUT2D eigenvalue weighted by molar-refractivity contribution is -0.208. The zero-order valence-corrected chi connectivity index (χ0v) is 16.1. The van der Waals surface area contributed by atoms with Crippen LogP contribution in [-0.2, 0) is 9.53 Å². The molecule has 2 bridgehead atoms. The second-order valence-electron chi connectivity index (χ2n) is 10.2. The van der Waals surface area contributed by atoms with Crippen molar-refractivity contribution in [3.8, 4) is 0 Å². The van der Waals surface area contributed by atoms with Crippen LogP contribution in [0.15, 0.2) is 12.2 Å². The highest BCUT2D eigenvalue weighted by Gasteiger charge is 2.66. The van der Waals surface area contributed by atoms with Gasteiger partial charge in [-0.1, -0.05) is 32.4 Å². The van der Waals surface area contributed by atoms with Crippen molar-refractivity contribution < 1.29 is 14.6 Å². The second kappa shape index (κ2) is 5.58. The Morgan fingerprint density at radius 3 is 2.76 bits per heavy atom. The van der Waals surface area contributed by atoms with Crippen LogP contribution in [0.1, 0.15) is 72.1 Å². The van der Waals surface area contributed by atoms with Gasteiger partial charge in [-0.25, -0.2) is 0 Å². The largest absolute Gasteiger partial charge is 0.465 e. The molecule has 3 nitrogen and oxygen atoms in total. The van der Waals surface area contributed by atoms with Crippen LogP contribution in [0.2, 0.25) is 0 Å². The first kappa shape index (κ1) is 17.6. The molecule has 0 saturated heterocycles. The first-order valence-electron chi connectivity index (χ1n) is 10.2. The molecule has 0 radical (unpaired) electrons. The molecule has 1 spiro atoms. The average Bonchev–Trinajstić information content (AvgIpc) is 2.79. The molecule has 0 aromatic carbocycles. The summed E-state index contributed by atoms with van der Waals surface area (Å²) in [5.41, 5.74) is 1.71. The van der Waals surface area contributed by atoms with Crippen LogP contribution in [0.25, 0.3) is 0 Å². The molecule has 4 saturated carbocycles. The van der Waals surface area contributed by atoms with E-state index in [1.807, 2.05) is 0 Å². The molecule has 4 rings (SSSR count).